The SMILES string of the molecule is O=C(CC1OC(=O)c2ccccc21)NCc1nc2ccccc2[nH]1. The number of imidazole rings is 1. The fraction of sp³-hybridized carbons (Fsp3) is 0.167. The lowest BCUT2D eigenvalue weighted by atomic mass is 10.0. The number of fused-ring (bicyclic) bond motifs is 2. The zero-order valence-electron chi connectivity index (χ0n) is 12.8. The van der Waals surface area contributed by atoms with Gasteiger partial charge in [0.15, 0.2) is 0 Å². The highest BCUT2D eigenvalue weighted by atomic mass is 16.5. The first-order chi connectivity index (χ1) is 11.7. The molecule has 0 bridgehead atoms. The predicted octanol–water partition coefficient (Wildman–Crippen LogP) is 2.48. The number of rotatable bonds is 4. The number of ether oxygens (including phenoxy) is 1. The van der Waals surface area contributed by atoms with Gasteiger partial charge in [0.05, 0.1) is 29.6 Å². The number of hydrogen-bond donors (Lipinski definition) is 2. The molecule has 1 amide bonds. The first-order valence-electron chi connectivity index (χ1n) is 7.71. The fourth-order valence-corrected chi connectivity index (χ4v) is 2.88. The number of aromatic amines is 1. The van der Waals surface area contributed by atoms with Crippen LogP contribution in [0.25, 0.3) is 11.0 Å². The molecule has 0 saturated carbocycles. The second-order valence-corrected chi connectivity index (χ2v) is 5.66. The van der Waals surface area contributed by atoms with Crippen LogP contribution in [0.2, 0.25) is 0 Å². The number of cyclic esters (lactones) is 1. The van der Waals surface area contributed by atoms with Gasteiger partial charge >= 0.3 is 5.97 Å². The van der Waals surface area contributed by atoms with E-state index in [-0.39, 0.29) is 18.3 Å². The van der Waals surface area contributed by atoms with E-state index in [1.807, 2.05) is 36.4 Å². The smallest absolute Gasteiger partial charge is 0.339 e. The maximum Gasteiger partial charge on any atom is 0.339 e. The van der Waals surface area contributed by atoms with Gasteiger partial charge in [-0.05, 0) is 18.2 Å². The summed E-state index contributed by atoms with van der Waals surface area (Å²) in [6.07, 6.45) is -0.424. The van der Waals surface area contributed by atoms with E-state index in [4.69, 9.17) is 4.74 Å². The minimum Gasteiger partial charge on any atom is -0.453 e. The number of H-pyrrole nitrogens is 1. The van der Waals surface area contributed by atoms with E-state index >= 15 is 0 Å². The first kappa shape index (κ1) is 14.4. The monoisotopic (exact) mass is 321 g/mol. The van der Waals surface area contributed by atoms with Crippen molar-refractivity contribution >= 4 is 22.9 Å². The van der Waals surface area contributed by atoms with Crippen molar-refractivity contribution in [3.8, 4) is 0 Å². The molecule has 3 aromatic rings. The molecule has 2 aromatic carbocycles. The maximum absolute atomic E-state index is 12.2. The summed E-state index contributed by atoms with van der Waals surface area (Å²) in [7, 11) is 0. The van der Waals surface area contributed by atoms with Crippen molar-refractivity contribution in [3.63, 3.8) is 0 Å². The van der Waals surface area contributed by atoms with Crippen LogP contribution in [0.5, 0.6) is 0 Å². The van der Waals surface area contributed by atoms with Gasteiger partial charge < -0.3 is 15.0 Å². The van der Waals surface area contributed by atoms with Crippen LogP contribution < -0.4 is 5.32 Å². The quantitative estimate of drug-likeness (QED) is 0.723. The van der Waals surface area contributed by atoms with Gasteiger partial charge in [0, 0.05) is 5.56 Å². The van der Waals surface area contributed by atoms with Crippen molar-refractivity contribution in [2.45, 2.75) is 19.1 Å². The van der Waals surface area contributed by atoms with Gasteiger partial charge in [-0.3, -0.25) is 4.79 Å². The highest BCUT2D eigenvalue weighted by Crippen LogP contribution is 2.32. The van der Waals surface area contributed by atoms with Crippen LogP contribution in [0.1, 0.15) is 34.3 Å². The number of carbonyl (C=O) groups is 2. The Morgan fingerprint density at radius 2 is 1.96 bits per heavy atom. The Kier molecular flexibility index (Phi) is 3.49. The molecule has 0 fully saturated rings. The van der Waals surface area contributed by atoms with Crippen LogP contribution in [0.4, 0.5) is 0 Å². The molecule has 24 heavy (non-hydrogen) atoms. The normalized spacial score (nSPS) is 16.0. The van der Waals surface area contributed by atoms with Crippen LogP contribution in [0.3, 0.4) is 0 Å². The summed E-state index contributed by atoms with van der Waals surface area (Å²) in [6, 6.07) is 14.8. The zero-order chi connectivity index (χ0) is 16.5. The Balaban J connectivity index is 1.40. The van der Waals surface area contributed by atoms with Gasteiger partial charge in [0.1, 0.15) is 11.9 Å². The fourth-order valence-electron chi connectivity index (χ4n) is 2.88. The first-order valence-corrected chi connectivity index (χ1v) is 7.71. The average molecular weight is 321 g/mol. The van der Waals surface area contributed by atoms with Gasteiger partial charge in [-0.15, -0.1) is 0 Å². The average Bonchev–Trinajstić information content (AvgIpc) is 3.15. The van der Waals surface area contributed by atoms with Gasteiger partial charge in [0.2, 0.25) is 5.91 Å². The molecule has 0 radical (unpaired) electrons. The lowest BCUT2D eigenvalue weighted by molar-refractivity contribution is -0.123. The highest BCUT2D eigenvalue weighted by molar-refractivity contribution is 5.94. The standard InChI is InChI=1S/C18H15N3O3/c22-17(9-15-11-5-1-2-6-12(11)18(23)24-15)19-10-16-20-13-7-3-4-8-14(13)21-16/h1-8,15H,9-10H2,(H,19,22)(H,20,21). The Bertz CT molecular complexity index is 899. The van der Waals surface area contributed by atoms with Crippen LogP contribution >= 0.6 is 0 Å². The zero-order valence-corrected chi connectivity index (χ0v) is 12.8. The Morgan fingerprint density at radius 3 is 2.83 bits per heavy atom. The summed E-state index contributed by atoms with van der Waals surface area (Å²) in [6.45, 7) is 0.301. The third kappa shape index (κ3) is 2.62. The van der Waals surface area contributed by atoms with Crippen LogP contribution in [0.15, 0.2) is 48.5 Å². The van der Waals surface area contributed by atoms with Crippen molar-refractivity contribution in [2.75, 3.05) is 0 Å². The van der Waals surface area contributed by atoms with E-state index in [0.29, 0.717) is 17.9 Å². The summed E-state index contributed by atoms with van der Waals surface area (Å²) in [5, 5.41) is 2.81. The number of hydrogen-bond acceptors (Lipinski definition) is 4. The summed E-state index contributed by atoms with van der Waals surface area (Å²) >= 11 is 0. The van der Waals surface area contributed by atoms with E-state index in [1.54, 1.807) is 12.1 Å². The molecule has 120 valence electrons. The van der Waals surface area contributed by atoms with Crippen molar-refractivity contribution in [1.82, 2.24) is 15.3 Å². The molecule has 6 nitrogen and oxygen atoms in total. The molecule has 0 aliphatic carbocycles. The van der Waals surface area contributed by atoms with E-state index in [0.717, 1.165) is 16.6 Å². The molecule has 1 aliphatic heterocycles. The molecule has 1 atom stereocenters. The van der Waals surface area contributed by atoms with Crippen LogP contribution in [-0.2, 0) is 16.1 Å². The maximum atomic E-state index is 12.2. The van der Waals surface area contributed by atoms with E-state index < -0.39 is 6.10 Å². The molecule has 0 spiro atoms. The predicted molar refractivity (Wildman–Crippen MR) is 87.2 cm³/mol. The van der Waals surface area contributed by atoms with Gasteiger partial charge in [0.25, 0.3) is 0 Å². The molecule has 6 heteroatoms. The van der Waals surface area contributed by atoms with Crippen molar-refractivity contribution < 1.29 is 14.3 Å². The molecule has 1 aliphatic rings. The highest BCUT2D eigenvalue weighted by Gasteiger charge is 2.31. The number of esters is 1. The minimum absolute atomic E-state index is 0.100. The van der Waals surface area contributed by atoms with E-state index in [9.17, 15) is 9.59 Å². The summed E-state index contributed by atoms with van der Waals surface area (Å²) in [5.74, 6) is 0.124. The number of nitrogens with zero attached hydrogens (tertiary/aromatic N) is 1. The number of benzene rings is 2. The van der Waals surface area contributed by atoms with Gasteiger partial charge in [-0.1, -0.05) is 30.3 Å². The van der Waals surface area contributed by atoms with Gasteiger partial charge in [-0.2, -0.15) is 0 Å². The number of para-hydroxylation sites is 2. The minimum atomic E-state index is -0.524. The molecular weight excluding hydrogens is 306 g/mol. The van der Waals surface area contributed by atoms with Crippen molar-refractivity contribution in [2.24, 2.45) is 0 Å². The molecular formula is C18H15N3O3. The second kappa shape index (κ2) is 5.81. The third-order valence-corrected chi connectivity index (χ3v) is 4.04. The third-order valence-electron chi connectivity index (χ3n) is 4.04. The summed E-state index contributed by atoms with van der Waals surface area (Å²) in [4.78, 5) is 31.5. The molecule has 0 saturated heterocycles. The van der Waals surface area contributed by atoms with Crippen LogP contribution in [-0.4, -0.2) is 21.8 Å². The van der Waals surface area contributed by atoms with E-state index in [1.165, 1.54) is 0 Å². The molecule has 4 rings (SSSR count). The van der Waals surface area contributed by atoms with E-state index in [2.05, 4.69) is 15.3 Å². The molecule has 1 unspecified atom stereocenters. The molecule has 1 aromatic heterocycles. The summed E-state index contributed by atoms with van der Waals surface area (Å²) in [5.41, 5.74) is 3.09. The Hall–Kier alpha value is -3.15. The molecule has 2 N–H and O–H groups in total. The lowest BCUT2D eigenvalue weighted by Gasteiger charge is -2.10. The second-order valence-electron chi connectivity index (χ2n) is 5.66. The van der Waals surface area contributed by atoms with Gasteiger partial charge in [-0.25, -0.2) is 9.78 Å². The summed E-state index contributed by atoms with van der Waals surface area (Å²) < 4.78 is 5.28. The van der Waals surface area contributed by atoms with Crippen molar-refractivity contribution in [3.05, 3.63) is 65.5 Å². The number of nitrogens with one attached hydrogen (secondary N) is 2. The topological polar surface area (TPSA) is 84.1 Å². The largest absolute Gasteiger partial charge is 0.453 e. The van der Waals surface area contributed by atoms with Crippen LogP contribution in [0, 0.1) is 0 Å². The Labute approximate surface area is 137 Å². The number of amides is 1. The number of aromatic nitrogens is 2. The lowest BCUT2D eigenvalue weighted by Crippen LogP contribution is -2.25. The Morgan fingerprint density at radius 1 is 1.17 bits per heavy atom. The van der Waals surface area contributed by atoms with Crippen molar-refractivity contribution in [1.29, 1.82) is 0 Å². The number of carbonyl (C=O) groups excluding carboxylic acids is 2. The molecule has 2 heterocycles.